The fraction of sp³-hybridized carbons (Fsp3) is 0. The Morgan fingerprint density at radius 3 is 2.00 bits per heavy atom. The third-order valence-corrected chi connectivity index (χ3v) is 8.03. The minimum Gasteiger partial charge on any atom is -0.151 e. The van der Waals surface area contributed by atoms with Crippen LogP contribution in [0.3, 0.4) is 0 Å². The monoisotopic (exact) mass is 480 g/mol. The quantitative estimate of drug-likeness (QED) is 0.242. The highest BCUT2D eigenvalue weighted by Crippen LogP contribution is 2.50. The van der Waals surface area contributed by atoms with E-state index in [1.54, 1.807) is 34.0 Å². The maximum atomic E-state index is 3.70. The molecule has 18 heavy (non-hydrogen) atoms. The fourth-order valence-electron chi connectivity index (χ4n) is 2.31. The van der Waals surface area contributed by atoms with Gasteiger partial charge in [0.15, 0.2) is 0 Å². The molecule has 0 N–H and O–H groups in total. The summed E-state index contributed by atoms with van der Waals surface area (Å²) in [4.78, 5) is 0. The van der Waals surface area contributed by atoms with Gasteiger partial charge in [-0.05, 0) is 58.5 Å². The van der Waals surface area contributed by atoms with Gasteiger partial charge in [-0.25, -0.2) is 0 Å². The molecule has 0 unspecified atom stereocenters. The second kappa shape index (κ2) is 4.27. The van der Waals surface area contributed by atoms with Crippen molar-refractivity contribution < 1.29 is 0 Å². The Kier molecular flexibility index (Phi) is 2.91. The van der Waals surface area contributed by atoms with Crippen LogP contribution < -0.4 is 0 Å². The van der Waals surface area contributed by atoms with Gasteiger partial charge in [0, 0.05) is 37.7 Å². The van der Waals surface area contributed by atoms with E-state index in [1.807, 2.05) is 0 Å². The van der Waals surface area contributed by atoms with Crippen LogP contribution in [0, 0.1) is 0 Å². The van der Waals surface area contributed by atoms with Crippen LogP contribution in [-0.4, -0.2) is 0 Å². The number of hydrogen-bond acceptors (Lipinski definition) is 3. The molecule has 3 aromatic heterocycles. The Labute approximate surface area is 140 Å². The summed E-state index contributed by atoms with van der Waals surface area (Å²) in [5.74, 6) is 0. The molecule has 0 saturated heterocycles. The van der Waals surface area contributed by atoms with Crippen LogP contribution in [0.5, 0.6) is 0 Å². The molecule has 0 saturated carbocycles. The highest BCUT2D eigenvalue weighted by Gasteiger charge is 2.18. The number of thiophene rings is 3. The summed E-state index contributed by atoms with van der Waals surface area (Å²) in [5, 5.41) is 14.8. The average Bonchev–Trinajstić information content (AvgIpc) is 2.98. The second-order valence-electron chi connectivity index (χ2n) is 3.90. The molecular weight excluding hydrogens is 480 g/mol. The average molecular weight is 483 g/mol. The largest absolute Gasteiger partial charge is 0.151 e. The van der Waals surface area contributed by atoms with Crippen LogP contribution in [-0.2, 0) is 0 Å². The van der Waals surface area contributed by atoms with E-state index in [0.717, 1.165) is 0 Å². The van der Waals surface area contributed by atoms with Gasteiger partial charge in [-0.15, -0.1) is 22.7 Å². The summed E-state index contributed by atoms with van der Waals surface area (Å²) in [5.41, 5.74) is 0. The lowest BCUT2D eigenvalue weighted by molar-refractivity contribution is 2.09. The Bertz CT molecular complexity index is 913. The van der Waals surface area contributed by atoms with Gasteiger partial charge in [0.2, 0.25) is 0 Å². The zero-order valence-electron chi connectivity index (χ0n) is 8.59. The van der Waals surface area contributed by atoms with Crippen molar-refractivity contribution in [2.45, 2.75) is 0 Å². The molecule has 90 valence electrons. The van der Waals surface area contributed by atoms with Crippen LogP contribution in [0.15, 0.2) is 27.5 Å². The topological polar surface area (TPSA) is 0 Å². The lowest BCUT2D eigenvalue weighted by Gasteiger charge is -2.00. The van der Waals surface area contributed by atoms with E-state index < -0.39 is 0 Å². The Morgan fingerprint density at radius 1 is 0.667 bits per heavy atom. The van der Waals surface area contributed by atoms with Crippen molar-refractivity contribution in [3.8, 4) is 0 Å². The zero-order chi connectivity index (χ0) is 12.4. The molecule has 0 spiro atoms. The second-order valence-corrected chi connectivity index (χ2v) is 10.5. The molecule has 0 aliphatic heterocycles. The molecule has 4 aromatic rings. The predicted octanol–water partition coefficient (Wildman–Crippen LogP) is 7.62. The first kappa shape index (κ1) is 12.3. The minimum atomic E-state index is 1.20. The van der Waals surface area contributed by atoms with Gasteiger partial charge < -0.3 is 0 Å². The molecule has 0 fully saturated rings. The van der Waals surface area contributed by atoms with E-state index in [-0.39, 0.29) is 0 Å². The summed E-state index contributed by atoms with van der Waals surface area (Å²) >= 11 is 16.4. The summed E-state index contributed by atoms with van der Waals surface area (Å²) in [6, 6.07) is 0. The first-order chi connectivity index (χ1) is 8.68. The Hall–Kier alpha value is 0.540. The molecule has 3 heterocycles. The van der Waals surface area contributed by atoms with Crippen molar-refractivity contribution >= 4 is 114 Å². The Morgan fingerprint density at radius 2 is 1.28 bits per heavy atom. The molecule has 0 atom stereocenters. The Balaban J connectivity index is 2.52. The number of fused-ring (bicyclic) bond motifs is 6. The zero-order valence-corrected chi connectivity index (χ0v) is 15.8. The van der Waals surface area contributed by atoms with Crippen LogP contribution in [0.2, 0.25) is 0 Å². The van der Waals surface area contributed by atoms with Crippen molar-refractivity contribution in [3.63, 3.8) is 0 Å². The van der Waals surface area contributed by atoms with Crippen molar-refractivity contribution in [1.29, 1.82) is 0 Å². The summed E-state index contributed by atoms with van der Waals surface area (Å²) in [6.07, 6.45) is 0. The van der Waals surface area contributed by atoms with E-state index in [9.17, 15) is 0 Å². The first-order valence-corrected chi connectivity index (χ1v) is 10.0. The molecule has 4 rings (SSSR count). The number of benzene rings is 1. The van der Waals surface area contributed by atoms with Gasteiger partial charge >= 0.3 is 0 Å². The third kappa shape index (κ3) is 1.50. The lowest BCUT2D eigenvalue weighted by atomic mass is 10.0. The molecule has 0 radical (unpaired) electrons. The summed E-state index contributed by atoms with van der Waals surface area (Å²) in [6.45, 7) is 0. The van der Waals surface area contributed by atoms with Gasteiger partial charge in [-0.2, -0.15) is 11.3 Å². The highest BCUT2D eigenvalue weighted by atomic mass is 79.9. The molecule has 0 bridgehead atoms. The maximum Gasteiger partial charge on any atom is 0.0795 e. The molecule has 0 nitrogen and oxygen atoms in total. The minimum absolute atomic E-state index is 1.20. The molecule has 0 aliphatic carbocycles. The first-order valence-electron chi connectivity index (χ1n) is 5.00. The van der Waals surface area contributed by atoms with Crippen molar-refractivity contribution in [2.75, 3.05) is 0 Å². The summed E-state index contributed by atoms with van der Waals surface area (Å²) in [7, 11) is 0. The van der Waals surface area contributed by atoms with E-state index in [0.29, 0.717) is 0 Å². The molecule has 0 aliphatic rings. The van der Waals surface area contributed by atoms with Crippen LogP contribution in [0.1, 0.15) is 0 Å². The van der Waals surface area contributed by atoms with Gasteiger partial charge in [0.1, 0.15) is 0 Å². The van der Waals surface area contributed by atoms with Crippen molar-refractivity contribution in [3.05, 3.63) is 27.5 Å². The smallest absolute Gasteiger partial charge is 0.0795 e. The highest BCUT2D eigenvalue weighted by molar-refractivity contribution is 9.12. The van der Waals surface area contributed by atoms with Gasteiger partial charge in [0.25, 0.3) is 0 Å². The van der Waals surface area contributed by atoms with E-state index >= 15 is 0 Å². The van der Waals surface area contributed by atoms with Crippen molar-refractivity contribution in [2.24, 2.45) is 0 Å². The van der Waals surface area contributed by atoms with Crippen molar-refractivity contribution in [1.82, 2.24) is 0 Å². The SMILES string of the molecule is Brc1scc2c1c1cscc1c1c(Br)sc(Br)c21. The van der Waals surface area contributed by atoms with E-state index in [1.165, 1.54) is 43.7 Å². The van der Waals surface area contributed by atoms with Crippen LogP contribution in [0.25, 0.3) is 32.3 Å². The van der Waals surface area contributed by atoms with Crippen LogP contribution >= 0.6 is 81.8 Å². The molecule has 6 heteroatoms. The normalized spacial score (nSPS) is 12.2. The van der Waals surface area contributed by atoms with Crippen LogP contribution in [0.4, 0.5) is 0 Å². The number of halogens is 3. The van der Waals surface area contributed by atoms with E-state index in [4.69, 9.17) is 0 Å². The summed E-state index contributed by atoms with van der Waals surface area (Å²) < 4.78 is 3.63. The van der Waals surface area contributed by atoms with Gasteiger partial charge in [0.05, 0.1) is 11.4 Å². The van der Waals surface area contributed by atoms with E-state index in [2.05, 4.69) is 63.9 Å². The fourth-order valence-corrected chi connectivity index (χ4v) is 7.88. The lowest BCUT2D eigenvalue weighted by Crippen LogP contribution is -1.73. The predicted molar refractivity (Wildman–Crippen MR) is 95.7 cm³/mol. The molecular formula is C12H3Br3S3. The van der Waals surface area contributed by atoms with Gasteiger partial charge in [-0.1, -0.05) is 0 Å². The number of hydrogen-bond donors (Lipinski definition) is 0. The standard InChI is InChI=1S/C12H3Br3S3/c13-10-7-4-1-16-2-5(4)8-9(6(7)3-17-10)12(15)18-11(8)14/h1-3H. The molecule has 0 amide bonds. The third-order valence-electron chi connectivity index (χ3n) is 3.04. The maximum absolute atomic E-state index is 3.70. The number of rotatable bonds is 0. The molecule has 1 aromatic carbocycles. The van der Waals surface area contributed by atoms with Gasteiger partial charge in [-0.3, -0.25) is 0 Å².